The minimum absolute atomic E-state index is 0.0738. The van der Waals surface area contributed by atoms with Crippen LogP contribution >= 0.6 is 0 Å². The standard InChI is InChI=1S/C22H24N6O2/c23-16-7-5-11-27(14-16)19-10-4-2-8-17(19)26-21(29)22-24-13-20(30-22)28-18-9-3-1-6-15(18)12-25-28/h1-4,6,8-10,12,16,20H,5,7,11,13-14,23H2,(H,26,29)/t16-,20?/m1/s1. The van der Waals surface area contributed by atoms with Gasteiger partial charge in [-0.15, -0.1) is 0 Å². The molecular formula is C22H24N6O2. The number of piperidine rings is 1. The summed E-state index contributed by atoms with van der Waals surface area (Å²) in [5, 5.41) is 8.39. The monoisotopic (exact) mass is 404 g/mol. The number of para-hydroxylation sites is 3. The number of carbonyl (C=O) groups is 1. The van der Waals surface area contributed by atoms with Crippen LogP contribution < -0.4 is 16.0 Å². The number of hydrogen-bond donors (Lipinski definition) is 2. The Balaban J connectivity index is 1.30. The van der Waals surface area contributed by atoms with E-state index in [1.165, 1.54) is 0 Å². The summed E-state index contributed by atoms with van der Waals surface area (Å²) in [6.07, 6.45) is 3.43. The van der Waals surface area contributed by atoms with Crippen molar-refractivity contribution in [3.63, 3.8) is 0 Å². The normalized spacial score (nSPS) is 21.4. The van der Waals surface area contributed by atoms with Crippen molar-refractivity contribution in [1.29, 1.82) is 0 Å². The Morgan fingerprint density at radius 2 is 2.00 bits per heavy atom. The predicted molar refractivity (Wildman–Crippen MR) is 117 cm³/mol. The lowest BCUT2D eigenvalue weighted by atomic mass is 10.1. The van der Waals surface area contributed by atoms with E-state index in [-0.39, 0.29) is 17.8 Å². The van der Waals surface area contributed by atoms with E-state index in [1.807, 2.05) is 48.5 Å². The lowest BCUT2D eigenvalue weighted by Crippen LogP contribution is -2.43. The van der Waals surface area contributed by atoms with E-state index in [0.717, 1.165) is 48.2 Å². The Hall–Kier alpha value is -3.39. The SMILES string of the molecule is N[C@@H]1CCCN(c2ccccc2NC(=O)C2=NCC(n3ncc4ccccc43)O2)C1. The Morgan fingerprint density at radius 3 is 2.90 bits per heavy atom. The summed E-state index contributed by atoms with van der Waals surface area (Å²) in [5.74, 6) is -0.285. The van der Waals surface area contributed by atoms with Crippen molar-refractivity contribution in [3.05, 3.63) is 54.7 Å². The van der Waals surface area contributed by atoms with E-state index in [2.05, 4.69) is 20.3 Å². The van der Waals surface area contributed by atoms with Gasteiger partial charge in [-0.3, -0.25) is 4.79 Å². The molecule has 2 aromatic carbocycles. The largest absolute Gasteiger partial charge is 0.446 e. The topological polar surface area (TPSA) is 97.8 Å². The molecule has 0 bridgehead atoms. The molecule has 1 aromatic heterocycles. The van der Waals surface area contributed by atoms with Crippen LogP contribution in [0.5, 0.6) is 0 Å². The molecule has 5 rings (SSSR count). The first-order chi connectivity index (χ1) is 14.7. The fraction of sp³-hybridized carbons (Fsp3) is 0.318. The molecule has 1 fully saturated rings. The fourth-order valence-corrected chi connectivity index (χ4v) is 4.10. The van der Waals surface area contributed by atoms with E-state index in [9.17, 15) is 4.79 Å². The highest BCUT2D eigenvalue weighted by atomic mass is 16.5. The first-order valence-electron chi connectivity index (χ1n) is 10.2. The summed E-state index contributed by atoms with van der Waals surface area (Å²) in [6.45, 7) is 2.04. The second-order valence-electron chi connectivity index (χ2n) is 7.69. The first kappa shape index (κ1) is 18.6. The fourth-order valence-electron chi connectivity index (χ4n) is 4.10. The van der Waals surface area contributed by atoms with Crippen LogP contribution in [0, 0.1) is 0 Å². The average Bonchev–Trinajstić information content (AvgIpc) is 3.41. The predicted octanol–water partition coefficient (Wildman–Crippen LogP) is 2.53. The number of benzene rings is 2. The molecule has 3 heterocycles. The number of fused-ring (bicyclic) bond motifs is 1. The van der Waals surface area contributed by atoms with E-state index < -0.39 is 6.23 Å². The molecule has 8 heteroatoms. The van der Waals surface area contributed by atoms with Crippen LogP contribution in [0.1, 0.15) is 19.1 Å². The number of ether oxygens (including phenoxy) is 1. The molecule has 3 aromatic rings. The Morgan fingerprint density at radius 1 is 1.17 bits per heavy atom. The van der Waals surface area contributed by atoms with Gasteiger partial charge in [0, 0.05) is 24.5 Å². The highest BCUT2D eigenvalue weighted by molar-refractivity contribution is 6.40. The number of hydrogen-bond acceptors (Lipinski definition) is 6. The van der Waals surface area contributed by atoms with E-state index in [4.69, 9.17) is 10.5 Å². The molecule has 0 radical (unpaired) electrons. The quantitative estimate of drug-likeness (QED) is 0.696. The van der Waals surface area contributed by atoms with Gasteiger partial charge in [-0.1, -0.05) is 30.3 Å². The van der Waals surface area contributed by atoms with Gasteiger partial charge in [0.2, 0.25) is 6.23 Å². The van der Waals surface area contributed by atoms with Gasteiger partial charge in [0.1, 0.15) is 6.54 Å². The van der Waals surface area contributed by atoms with E-state index in [0.29, 0.717) is 6.54 Å². The van der Waals surface area contributed by atoms with Crippen LogP contribution in [0.25, 0.3) is 10.9 Å². The highest BCUT2D eigenvalue weighted by Gasteiger charge is 2.29. The number of nitrogens with zero attached hydrogens (tertiary/aromatic N) is 4. The maximum absolute atomic E-state index is 12.9. The molecule has 3 N–H and O–H groups in total. The molecule has 1 saturated heterocycles. The molecule has 0 saturated carbocycles. The van der Waals surface area contributed by atoms with Gasteiger partial charge >= 0.3 is 5.91 Å². The number of nitrogens with one attached hydrogen (secondary N) is 1. The van der Waals surface area contributed by atoms with Crippen LogP contribution in [-0.2, 0) is 9.53 Å². The second-order valence-corrected chi connectivity index (χ2v) is 7.69. The summed E-state index contributed by atoms with van der Waals surface area (Å²) in [7, 11) is 0. The maximum atomic E-state index is 12.9. The van der Waals surface area contributed by atoms with Gasteiger partial charge in [0.25, 0.3) is 5.90 Å². The molecule has 1 unspecified atom stereocenters. The van der Waals surface area contributed by atoms with Crippen molar-refractivity contribution in [2.45, 2.75) is 25.1 Å². The zero-order valence-corrected chi connectivity index (χ0v) is 16.6. The van der Waals surface area contributed by atoms with Crippen molar-refractivity contribution in [2.24, 2.45) is 10.7 Å². The number of amides is 1. The molecule has 0 aliphatic carbocycles. The van der Waals surface area contributed by atoms with Gasteiger partial charge < -0.3 is 20.7 Å². The number of carbonyl (C=O) groups excluding carboxylic acids is 1. The molecule has 0 spiro atoms. The van der Waals surface area contributed by atoms with Crippen molar-refractivity contribution in [1.82, 2.24) is 9.78 Å². The number of aliphatic imine (C=N–C) groups is 1. The molecule has 2 atom stereocenters. The van der Waals surface area contributed by atoms with Crippen LogP contribution in [0.3, 0.4) is 0 Å². The summed E-state index contributed by atoms with van der Waals surface area (Å²) in [6, 6.07) is 15.8. The third kappa shape index (κ3) is 3.50. The lowest BCUT2D eigenvalue weighted by Gasteiger charge is -2.33. The van der Waals surface area contributed by atoms with Gasteiger partial charge in [-0.25, -0.2) is 9.67 Å². The second kappa shape index (κ2) is 7.79. The third-order valence-corrected chi connectivity index (χ3v) is 5.56. The zero-order chi connectivity index (χ0) is 20.5. The van der Waals surface area contributed by atoms with E-state index in [1.54, 1.807) is 10.9 Å². The third-order valence-electron chi connectivity index (χ3n) is 5.56. The Labute approximate surface area is 174 Å². The molecule has 2 aliphatic rings. The minimum atomic E-state index is -0.430. The molecular weight excluding hydrogens is 380 g/mol. The summed E-state index contributed by atoms with van der Waals surface area (Å²) in [4.78, 5) is 19.4. The number of nitrogens with two attached hydrogens (primary N) is 1. The van der Waals surface area contributed by atoms with Crippen molar-refractivity contribution >= 4 is 34.1 Å². The number of rotatable bonds is 4. The molecule has 8 nitrogen and oxygen atoms in total. The molecule has 1 amide bonds. The first-order valence-corrected chi connectivity index (χ1v) is 10.2. The maximum Gasteiger partial charge on any atom is 0.310 e. The van der Waals surface area contributed by atoms with Crippen LogP contribution in [-0.4, -0.2) is 47.3 Å². The van der Waals surface area contributed by atoms with Crippen LogP contribution in [0.2, 0.25) is 0 Å². The van der Waals surface area contributed by atoms with Gasteiger partial charge in [-0.2, -0.15) is 5.10 Å². The van der Waals surface area contributed by atoms with Crippen molar-refractivity contribution in [3.8, 4) is 0 Å². The molecule has 154 valence electrons. The van der Waals surface area contributed by atoms with Crippen molar-refractivity contribution in [2.75, 3.05) is 29.9 Å². The van der Waals surface area contributed by atoms with E-state index >= 15 is 0 Å². The minimum Gasteiger partial charge on any atom is -0.446 e. The smallest absolute Gasteiger partial charge is 0.310 e. The van der Waals surface area contributed by atoms with Crippen molar-refractivity contribution < 1.29 is 9.53 Å². The summed E-state index contributed by atoms with van der Waals surface area (Å²) < 4.78 is 7.62. The Kier molecular flexibility index (Phi) is 4.84. The number of aromatic nitrogens is 2. The lowest BCUT2D eigenvalue weighted by molar-refractivity contribution is -0.112. The van der Waals surface area contributed by atoms with Gasteiger partial charge in [0.05, 0.1) is 23.1 Å². The summed E-state index contributed by atoms with van der Waals surface area (Å²) >= 11 is 0. The van der Waals surface area contributed by atoms with Crippen LogP contribution in [0.15, 0.2) is 59.7 Å². The average molecular weight is 404 g/mol. The number of anilines is 2. The zero-order valence-electron chi connectivity index (χ0n) is 16.6. The summed E-state index contributed by atoms with van der Waals surface area (Å²) in [5.41, 5.74) is 8.79. The van der Waals surface area contributed by atoms with Gasteiger partial charge in [-0.05, 0) is 31.0 Å². The highest BCUT2D eigenvalue weighted by Crippen LogP contribution is 2.29. The van der Waals surface area contributed by atoms with Gasteiger partial charge in [0.15, 0.2) is 0 Å². The Bertz CT molecular complexity index is 1110. The molecule has 2 aliphatic heterocycles. The van der Waals surface area contributed by atoms with Crippen LogP contribution in [0.4, 0.5) is 11.4 Å². The molecule has 30 heavy (non-hydrogen) atoms.